The zero-order valence-electron chi connectivity index (χ0n) is 22.1. The van der Waals surface area contributed by atoms with Crippen LogP contribution in [0.4, 0.5) is 0 Å². The number of methoxy groups -OCH3 is 2. The molecule has 2 rings (SSSR count). The molecule has 0 aromatic heterocycles. The first-order valence-electron chi connectivity index (χ1n) is 11.3. The lowest BCUT2D eigenvalue weighted by atomic mass is 10.0. The van der Waals surface area contributed by atoms with Gasteiger partial charge in [0.1, 0.15) is 17.2 Å². The Bertz CT molecular complexity index is 921. The molecule has 0 bridgehead atoms. The Labute approximate surface area is 197 Å². The summed E-state index contributed by atoms with van der Waals surface area (Å²) in [6.07, 6.45) is 0. The van der Waals surface area contributed by atoms with Crippen molar-refractivity contribution >= 4 is 16.6 Å². The van der Waals surface area contributed by atoms with Crippen molar-refractivity contribution in [3.63, 3.8) is 0 Å². The molecule has 0 aliphatic rings. The van der Waals surface area contributed by atoms with Crippen molar-refractivity contribution in [3.8, 4) is 34.1 Å². The van der Waals surface area contributed by atoms with Crippen molar-refractivity contribution in [2.45, 2.75) is 77.8 Å². The van der Waals surface area contributed by atoms with E-state index in [1.54, 1.807) is 14.2 Å². The second-order valence-electron chi connectivity index (χ2n) is 11.5. The fraction of sp³-hybridized carbons (Fsp3) is 0.538. The monoisotopic (exact) mass is 474 g/mol. The van der Waals surface area contributed by atoms with E-state index in [1.807, 2.05) is 18.2 Å². The summed E-state index contributed by atoms with van der Waals surface area (Å²) in [7, 11) is -0.757. The first-order chi connectivity index (χ1) is 14.5. The summed E-state index contributed by atoms with van der Waals surface area (Å²) in [5.74, 6) is 3.14. The van der Waals surface area contributed by atoms with Gasteiger partial charge in [-0.05, 0) is 60.0 Å². The molecule has 6 heteroatoms. The second-order valence-corrected chi connectivity index (χ2v) is 20.9. The first-order valence-corrected chi connectivity index (χ1v) is 17.1. The molecular weight excluding hydrogens is 432 g/mol. The summed E-state index contributed by atoms with van der Waals surface area (Å²) in [4.78, 5) is 0. The Balaban J connectivity index is 2.69. The molecule has 0 amide bonds. The molecule has 2 aromatic rings. The highest BCUT2D eigenvalue weighted by molar-refractivity contribution is 6.75. The van der Waals surface area contributed by atoms with Crippen LogP contribution < -0.4 is 18.3 Å². The van der Waals surface area contributed by atoms with Crippen molar-refractivity contribution in [2.24, 2.45) is 0 Å². The van der Waals surface area contributed by atoms with Crippen LogP contribution in [-0.2, 0) is 0 Å². The minimum absolute atomic E-state index is 0.0771. The predicted octanol–water partition coefficient (Wildman–Crippen LogP) is 8.14. The van der Waals surface area contributed by atoms with Crippen LogP contribution in [0.1, 0.15) is 41.5 Å². The normalized spacial score (nSPS) is 13.0. The van der Waals surface area contributed by atoms with Crippen LogP contribution in [-0.4, -0.2) is 30.9 Å². The van der Waals surface area contributed by atoms with Crippen LogP contribution in [0.5, 0.6) is 23.0 Å². The van der Waals surface area contributed by atoms with Gasteiger partial charge in [-0.3, -0.25) is 0 Å². The second kappa shape index (κ2) is 9.14. The minimum Gasteiger partial charge on any atom is -0.543 e. The average Bonchev–Trinajstić information content (AvgIpc) is 2.66. The maximum absolute atomic E-state index is 6.79. The maximum Gasteiger partial charge on any atom is 0.250 e. The summed E-state index contributed by atoms with van der Waals surface area (Å²) < 4.78 is 24.6. The van der Waals surface area contributed by atoms with Crippen molar-refractivity contribution in [3.05, 3.63) is 36.4 Å². The molecule has 0 fully saturated rings. The van der Waals surface area contributed by atoms with Gasteiger partial charge in [0.2, 0.25) is 0 Å². The Morgan fingerprint density at radius 2 is 1.06 bits per heavy atom. The highest BCUT2D eigenvalue weighted by Gasteiger charge is 2.41. The molecule has 0 aliphatic heterocycles. The fourth-order valence-corrected chi connectivity index (χ4v) is 4.76. The third kappa shape index (κ3) is 5.70. The van der Waals surface area contributed by atoms with Crippen molar-refractivity contribution in [1.29, 1.82) is 0 Å². The molecule has 0 saturated carbocycles. The lowest BCUT2D eigenvalue weighted by molar-refractivity contribution is 0.383. The molecule has 0 heterocycles. The van der Waals surface area contributed by atoms with Crippen LogP contribution in [0.2, 0.25) is 36.3 Å². The minimum atomic E-state index is -2.07. The van der Waals surface area contributed by atoms with Crippen LogP contribution >= 0.6 is 0 Å². The number of hydrogen-bond acceptors (Lipinski definition) is 4. The van der Waals surface area contributed by atoms with Gasteiger partial charge in [0, 0.05) is 11.6 Å². The fourth-order valence-electron chi connectivity index (χ4n) is 2.72. The van der Waals surface area contributed by atoms with Crippen LogP contribution in [0.3, 0.4) is 0 Å². The van der Waals surface area contributed by atoms with E-state index >= 15 is 0 Å². The summed E-state index contributed by atoms with van der Waals surface area (Å²) in [5.41, 5.74) is 2.06. The Kier molecular flexibility index (Phi) is 7.52. The number of hydrogen-bond donors (Lipinski definition) is 0. The Morgan fingerprint density at radius 1 is 0.594 bits per heavy atom. The van der Waals surface area contributed by atoms with Crippen molar-refractivity contribution < 1.29 is 18.3 Å². The molecule has 0 aliphatic carbocycles. The van der Waals surface area contributed by atoms with Gasteiger partial charge < -0.3 is 18.3 Å². The topological polar surface area (TPSA) is 36.9 Å². The van der Waals surface area contributed by atoms with Gasteiger partial charge in [0.15, 0.2) is 5.75 Å². The average molecular weight is 475 g/mol. The van der Waals surface area contributed by atoms with E-state index in [4.69, 9.17) is 18.3 Å². The Morgan fingerprint density at radius 3 is 1.47 bits per heavy atom. The molecule has 0 N–H and O–H groups in total. The summed E-state index contributed by atoms with van der Waals surface area (Å²) in [6.45, 7) is 22.5. The van der Waals surface area contributed by atoms with Gasteiger partial charge >= 0.3 is 0 Å². The van der Waals surface area contributed by atoms with E-state index < -0.39 is 16.6 Å². The van der Waals surface area contributed by atoms with E-state index in [-0.39, 0.29) is 10.1 Å². The van der Waals surface area contributed by atoms with Gasteiger partial charge in [-0.1, -0.05) is 53.7 Å². The zero-order valence-corrected chi connectivity index (χ0v) is 24.1. The van der Waals surface area contributed by atoms with Crippen LogP contribution in [0, 0.1) is 0 Å². The lowest BCUT2D eigenvalue weighted by Gasteiger charge is -2.38. The van der Waals surface area contributed by atoms with Crippen LogP contribution in [0.25, 0.3) is 11.1 Å². The maximum atomic E-state index is 6.79. The SMILES string of the molecule is COc1ccc(-c2cc(O[Si](C)(C)C(C)(C)C)c(OC)cc2O[Si](C)(C)C(C)(C)C)cc1. The molecule has 0 unspecified atom stereocenters. The molecular formula is C26H42O4Si2. The molecule has 4 nitrogen and oxygen atoms in total. The number of rotatable bonds is 7. The molecule has 0 saturated heterocycles. The molecule has 0 spiro atoms. The van der Waals surface area contributed by atoms with E-state index in [0.29, 0.717) is 5.75 Å². The number of ether oxygens (including phenoxy) is 2. The van der Waals surface area contributed by atoms with E-state index in [1.165, 1.54) is 0 Å². The van der Waals surface area contributed by atoms with Gasteiger partial charge in [-0.2, -0.15) is 0 Å². The Hall–Kier alpha value is -1.93. The molecule has 0 radical (unpaired) electrons. The van der Waals surface area contributed by atoms with Gasteiger partial charge in [-0.25, -0.2) is 0 Å². The van der Waals surface area contributed by atoms with Gasteiger partial charge in [0.05, 0.1) is 14.2 Å². The molecule has 32 heavy (non-hydrogen) atoms. The quantitative estimate of drug-likeness (QED) is 0.379. The van der Waals surface area contributed by atoms with Gasteiger partial charge in [-0.15, -0.1) is 0 Å². The predicted molar refractivity (Wildman–Crippen MR) is 141 cm³/mol. The van der Waals surface area contributed by atoms with E-state index in [0.717, 1.165) is 28.4 Å². The number of benzene rings is 2. The third-order valence-electron chi connectivity index (χ3n) is 7.01. The van der Waals surface area contributed by atoms with E-state index in [9.17, 15) is 0 Å². The highest BCUT2D eigenvalue weighted by Crippen LogP contribution is 2.47. The van der Waals surface area contributed by atoms with Crippen molar-refractivity contribution in [1.82, 2.24) is 0 Å². The first kappa shape index (κ1) is 26.3. The van der Waals surface area contributed by atoms with E-state index in [2.05, 4.69) is 85.9 Å². The standard InChI is InChI=1S/C26H42O4Si2/c1-25(2,3)31(9,10)29-22-18-23(28-8)24(30-32(11,12)26(4,5)6)17-21(22)19-13-15-20(27-7)16-14-19/h13-18H,1-12H3. The van der Waals surface area contributed by atoms with Gasteiger partial charge in [0.25, 0.3) is 16.6 Å². The smallest absolute Gasteiger partial charge is 0.250 e. The zero-order chi connectivity index (χ0) is 24.5. The molecule has 0 atom stereocenters. The van der Waals surface area contributed by atoms with Crippen LogP contribution in [0.15, 0.2) is 36.4 Å². The molecule has 2 aromatic carbocycles. The third-order valence-corrected chi connectivity index (χ3v) is 15.7. The summed E-state index contributed by atoms with van der Waals surface area (Å²) in [5, 5.41) is 0.155. The lowest BCUT2D eigenvalue weighted by Crippen LogP contribution is -2.44. The summed E-state index contributed by atoms with van der Waals surface area (Å²) >= 11 is 0. The summed E-state index contributed by atoms with van der Waals surface area (Å²) in [6, 6.07) is 12.2. The van der Waals surface area contributed by atoms with Crippen molar-refractivity contribution in [2.75, 3.05) is 14.2 Å². The largest absolute Gasteiger partial charge is 0.543 e. The molecule has 178 valence electrons. The highest BCUT2D eigenvalue weighted by atomic mass is 28.4.